The van der Waals surface area contributed by atoms with E-state index in [-0.39, 0.29) is 0 Å². The zero-order valence-electron chi connectivity index (χ0n) is 17.1. The van der Waals surface area contributed by atoms with Crippen molar-refractivity contribution >= 4 is 8.56 Å². The molecule has 4 nitrogen and oxygen atoms in total. The van der Waals surface area contributed by atoms with E-state index in [4.69, 9.17) is 8.85 Å². The summed E-state index contributed by atoms with van der Waals surface area (Å²) in [6.07, 6.45) is 4.99. The topological polar surface area (TPSA) is 24.9 Å². The molecule has 0 aromatic heterocycles. The Morgan fingerprint density at radius 3 is 1.52 bits per heavy atom. The van der Waals surface area contributed by atoms with E-state index in [9.17, 15) is 0 Å². The SMILES string of the molecule is CCO[Si](C)(CC(C)(CCCN(C)C)CCCN(C)C)OCC. The lowest BCUT2D eigenvalue weighted by molar-refractivity contribution is 0.160. The summed E-state index contributed by atoms with van der Waals surface area (Å²) in [4.78, 5) is 4.56. The highest BCUT2D eigenvalue weighted by molar-refractivity contribution is 6.66. The molecule has 0 aromatic rings. The summed E-state index contributed by atoms with van der Waals surface area (Å²) in [7, 11) is 6.56. The fourth-order valence-corrected chi connectivity index (χ4v) is 6.89. The smallest absolute Gasteiger partial charge is 0.335 e. The van der Waals surface area contributed by atoms with Crippen LogP contribution in [0, 0.1) is 5.41 Å². The van der Waals surface area contributed by atoms with Crippen molar-refractivity contribution in [3.05, 3.63) is 0 Å². The lowest BCUT2D eigenvalue weighted by Gasteiger charge is -2.38. The van der Waals surface area contributed by atoms with Crippen LogP contribution in [-0.2, 0) is 8.85 Å². The Morgan fingerprint density at radius 2 is 1.22 bits per heavy atom. The Morgan fingerprint density at radius 1 is 0.826 bits per heavy atom. The van der Waals surface area contributed by atoms with Gasteiger partial charge in [0.05, 0.1) is 0 Å². The third-order valence-electron chi connectivity index (χ3n) is 4.42. The molecule has 0 aromatic carbocycles. The summed E-state index contributed by atoms with van der Waals surface area (Å²) in [5.74, 6) is 0. The maximum atomic E-state index is 6.12. The molecule has 0 unspecified atom stereocenters. The van der Waals surface area contributed by atoms with Gasteiger partial charge in [-0.2, -0.15) is 0 Å². The van der Waals surface area contributed by atoms with Crippen LogP contribution >= 0.6 is 0 Å². The largest absolute Gasteiger partial charge is 0.395 e. The first-order valence-electron chi connectivity index (χ1n) is 9.24. The highest BCUT2D eigenvalue weighted by atomic mass is 28.4. The minimum absolute atomic E-state index is 0.317. The molecular formula is C18H42N2O2Si. The van der Waals surface area contributed by atoms with Gasteiger partial charge in [-0.3, -0.25) is 0 Å². The zero-order chi connectivity index (χ0) is 17.9. The van der Waals surface area contributed by atoms with Gasteiger partial charge in [0.25, 0.3) is 0 Å². The normalized spacial score (nSPS) is 13.3. The molecular weight excluding hydrogens is 304 g/mol. The van der Waals surface area contributed by atoms with Gasteiger partial charge in [-0.25, -0.2) is 0 Å². The summed E-state index contributed by atoms with van der Waals surface area (Å²) >= 11 is 0. The van der Waals surface area contributed by atoms with Crippen molar-refractivity contribution in [3.63, 3.8) is 0 Å². The molecule has 23 heavy (non-hydrogen) atoms. The summed E-state index contributed by atoms with van der Waals surface area (Å²) in [6, 6.07) is 1.10. The Labute approximate surface area is 146 Å². The van der Waals surface area contributed by atoms with Crippen LogP contribution in [0.3, 0.4) is 0 Å². The molecule has 140 valence electrons. The van der Waals surface area contributed by atoms with E-state index in [0.717, 1.165) is 32.3 Å². The molecule has 0 radical (unpaired) electrons. The third-order valence-corrected chi connectivity index (χ3v) is 7.71. The highest BCUT2D eigenvalue weighted by Gasteiger charge is 2.39. The van der Waals surface area contributed by atoms with E-state index in [0.29, 0.717) is 5.41 Å². The van der Waals surface area contributed by atoms with Crippen molar-refractivity contribution in [3.8, 4) is 0 Å². The van der Waals surface area contributed by atoms with Crippen LogP contribution in [0.25, 0.3) is 0 Å². The first-order chi connectivity index (χ1) is 10.7. The second kappa shape index (κ2) is 11.6. The third kappa shape index (κ3) is 11.3. The average molecular weight is 347 g/mol. The summed E-state index contributed by atoms with van der Waals surface area (Å²) < 4.78 is 12.2. The molecule has 0 rings (SSSR count). The van der Waals surface area contributed by atoms with Crippen LogP contribution in [0.15, 0.2) is 0 Å². The van der Waals surface area contributed by atoms with Crippen LogP contribution in [0.4, 0.5) is 0 Å². The van der Waals surface area contributed by atoms with Gasteiger partial charge >= 0.3 is 8.56 Å². The van der Waals surface area contributed by atoms with Crippen molar-refractivity contribution in [2.75, 3.05) is 54.5 Å². The Bertz CT molecular complexity index is 279. The molecule has 0 fully saturated rings. The standard InChI is InChI=1S/C18H42N2O2Si/c1-9-21-23(8,22-10-2)17-18(3,13-11-15-19(4)5)14-12-16-20(6)7/h9-17H2,1-8H3. The predicted molar refractivity (Wildman–Crippen MR) is 103 cm³/mol. The monoisotopic (exact) mass is 346 g/mol. The molecule has 0 saturated heterocycles. The van der Waals surface area contributed by atoms with E-state index in [1.165, 1.54) is 25.7 Å². The fraction of sp³-hybridized carbons (Fsp3) is 1.00. The van der Waals surface area contributed by atoms with Crippen LogP contribution in [0.5, 0.6) is 0 Å². The molecule has 0 amide bonds. The lowest BCUT2D eigenvalue weighted by atomic mass is 9.82. The van der Waals surface area contributed by atoms with E-state index >= 15 is 0 Å². The van der Waals surface area contributed by atoms with E-state index < -0.39 is 8.56 Å². The molecule has 0 bridgehead atoms. The van der Waals surface area contributed by atoms with Crippen LogP contribution < -0.4 is 0 Å². The van der Waals surface area contributed by atoms with Crippen LogP contribution in [0.1, 0.15) is 46.5 Å². The minimum Gasteiger partial charge on any atom is -0.395 e. The van der Waals surface area contributed by atoms with Gasteiger partial charge < -0.3 is 18.7 Å². The van der Waals surface area contributed by atoms with E-state index in [1.54, 1.807) is 0 Å². The second-order valence-corrected chi connectivity index (χ2v) is 11.0. The Balaban J connectivity index is 4.83. The van der Waals surface area contributed by atoms with E-state index in [1.807, 2.05) is 0 Å². The summed E-state index contributed by atoms with van der Waals surface area (Å²) in [6.45, 7) is 12.7. The minimum atomic E-state index is -2.07. The summed E-state index contributed by atoms with van der Waals surface area (Å²) in [5.41, 5.74) is 0.317. The molecule has 0 atom stereocenters. The molecule has 0 aliphatic heterocycles. The fourth-order valence-electron chi connectivity index (χ4n) is 3.48. The molecule has 0 aliphatic rings. The average Bonchev–Trinajstić information content (AvgIpc) is 2.37. The van der Waals surface area contributed by atoms with Crippen molar-refractivity contribution in [1.82, 2.24) is 9.80 Å². The summed E-state index contributed by atoms with van der Waals surface area (Å²) in [5, 5.41) is 0. The highest BCUT2D eigenvalue weighted by Crippen LogP contribution is 2.39. The number of hydrogen-bond acceptors (Lipinski definition) is 4. The molecule has 5 heteroatoms. The molecule has 0 heterocycles. The molecule has 0 spiro atoms. The zero-order valence-corrected chi connectivity index (χ0v) is 18.1. The predicted octanol–water partition coefficient (Wildman–Crippen LogP) is 3.82. The van der Waals surface area contributed by atoms with Gasteiger partial charge in [-0.05, 0) is 98.8 Å². The van der Waals surface area contributed by atoms with Crippen molar-refractivity contribution in [2.24, 2.45) is 5.41 Å². The first kappa shape index (κ1) is 23.1. The number of hydrogen-bond donors (Lipinski definition) is 0. The first-order valence-corrected chi connectivity index (χ1v) is 11.8. The van der Waals surface area contributed by atoms with Crippen molar-refractivity contribution in [1.29, 1.82) is 0 Å². The van der Waals surface area contributed by atoms with Crippen molar-refractivity contribution in [2.45, 2.75) is 59.0 Å². The molecule has 0 aliphatic carbocycles. The van der Waals surface area contributed by atoms with Gasteiger partial charge in [-0.1, -0.05) is 6.92 Å². The van der Waals surface area contributed by atoms with Crippen LogP contribution in [0.2, 0.25) is 12.6 Å². The van der Waals surface area contributed by atoms with Gasteiger partial charge in [0.1, 0.15) is 0 Å². The number of nitrogens with zero attached hydrogens (tertiary/aromatic N) is 2. The van der Waals surface area contributed by atoms with Gasteiger partial charge in [0, 0.05) is 13.2 Å². The van der Waals surface area contributed by atoms with Crippen molar-refractivity contribution < 1.29 is 8.85 Å². The number of rotatable bonds is 14. The van der Waals surface area contributed by atoms with Gasteiger partial charge in [0.15, 0.2) is 0 Å². The quantitative estimate of drug-likeness (QED) is 0.446. The lowest BCUT2D eigenvalue weighted by Crippen LogP contribution is -2.43. The molecule has 0 N–H and O–H groups in total. The second-order valence-electron chi connectivity index (χ2n) is 7.80. The maximum absolute atomic E-state index is 6.12. The van der Waals surface area contributed by atoms with E-state index in [2.05, 4.69) is 65.3 Å². The van der Waals surface area contributed by atoms with Gasteiger partial charge in [0.2, 0.25) is 0 Å². The van der Waals surface area contributed by atoms with Crippen LogP contribution in [-0.4, -0.2) is 72.9 Å². The Hall–Kier alpha value is 0.0569. The van der Waals surface area contributed by atoms with Gasteiger partial charge in [-0.15, -0.1) is 0 Å². The maximum Gasteiger partial charge on any atom is 0.335 e. The molecule has 0 saturated carbocycles. The Kier molecular flexibility index (Phi) is 11.6.